The summed E-state index contributed by atoms with van der Waals surface area (Å²) < 4.78 is 34.3. The molecule has 0 aliphatic heterocycles. The van der Waals surface area contributed by atoms with E-state index in [4.69, 9.17) is 4.42 Å². The number of fused-ring (bicyclic) bond motifs is 1. The van der Waals surface area contributed by atoms with Gasteiger partial charge in [0.2, 0.25) is 0 Å². The molecule has 6 heteroatoms. The van der Waals surface area contributed by atoms with Crippen LogP contribution in [-0.4, -0.2) is 17.0 Å². The molecule has 1 amide bonds. The van der Waals surface area contributed by atoms with E-state index in [0.29, 0.717) is 35.6 Å². The summed E-state index contributed by atoms with van der Waals surface area (Å²) in [5.41, 5.74) is 3.42. The SMILES string of the molecule is Cc1cc2c(cc(C(=O)NCCc3ccccc3)n2Cc2ccc(F)c(F)c2)o1. The summed E-state index contributed by atoms with van der Waals surface area (Å²) in [4.78, 5) is 12.8. The summed E-state index contributed by atoms with van der Waals surface area (Å²) in [5.74, 6) is -1.34. The Morgan fingerprint density at radius 2 is 1.79 bits per heavy atom. The Morgan fingerprint density at radius 3 is 2.55 bits per heavy atom. The third-order valence-electron chi connectivity index (χ3n) is 4.81. The molecule has 0 saturated carbocycles. The van der Waals surface area contributed by atoms with Gasteiger partial charge in [0.15, 0.2) is 17.2 Å². The van der Waals surface area contributed by atoms with Crippen molar-refractivity contribution < 1.29 is 18.0 Å². The van der Waals surface area contributed by atoms with Gasteiger partial charge in [0.05, 0.1) is 5.52 Å². The molecule has 0 aliphatic carbocycles. The Bertz CT molecular complexity index is 1160. The average Bonchev–Trinajstić information content (AvgIpc) is 3.22. The molecule has 148 valence electrons. The average molecular weight is 394 g/mol. The minimum Gasteiger partial charge on any atom is -0.460 e. The lowest BCUT2D eigenvalue weighted by atomic mass is 10.1. The number of halogens is 2. The number of rotatable bonds is 6. The number of hydrogen-bond donors (Lipinski definition) is 1. The molecule has 2 heterocycles. The minimum atomic E-state index is -0.914. The van der Waals surface area contributed by atoms with E-state index >= 15 is 0 Å². The molecule has 4 aromatic rings. The van der Waals surface area contributed by atoms with Gasteiger partial charge < -0.3 is 14.3 Å². The third-order valence-corrected chi connectivity index (χ3v) is 4.81. The highest BCUT2D eigenvalue weighted by Gasteiger charge is 2.19. The predicted molar refractivity (Wildman–Crippen MR) is 107 cm³/mol. The first-order valence-corrected chi connectivity index (χ1v) is 9.37. The van der Waals surface area contributed by atoms with Crippen LogP contribution in [0.2, 0.25) is 0 Å². The smallest absolute Gasteiger partial charge is 0.268 e. The third kappa shape index (κ3) is 4.06. The van der Waals surface area contributed by atoms with Gasteiger partial charge in [-0.1, -0.05) is 36.4 Å². The van der Waals surface area contributed by atoms with Crippen molar-refractivity contribution >= 4 is 17.0 Å². The van der Waals surface area contributed by atoms with Gasteiger partial charge in [-0.05, 0) is 36.6 Å². The van der Waals surface area contributed by atoms with Crippen LogP contribution in [0.3, 0.4) is 0 Å². The van der Waals surface area contributed by atoms with E-state index in [9.17, 15) is 13.6 Å². The lowest BCUT2D eigenvalue weighted by Gasteiger charge is -2.11. The summed E-state index contributed by atoms with van der Waals surface area (Å²) in [6.45, 7) is 2.53. The summed E-state index contributed by atoms with van der Waals surface area (Å²) in [6.07, 6.45) is 0.714. The number of benzene rings is 2. The number of aromatic nitrogens is 1. The number of aryl methyl sites for hydroxylation is 1. The molecule has 2 aromatic heterocycles. The number of amides is 1. The Balaban J connectivity index is 1.58. The molecule has 0 atom stereocenters. The van der Waals surface area contributed by atoms with Crippen molar-refractivity contribution in [2.24, 2.45) is 0 Å². The summed E-state index contributed by atoms with van der Waals surface area (Å²) in [6, 6.07) is 17.1. The predicted octanol–water partition coefficient (Wildman–Crippen LogP) is 4.84. The molecule has 4 nitrogen and oxygen atoms in total. The molecule has 29 heavy (non-hydrogen) atoms. The van der Waals surface area contributed by atoms with E-state index in [-0.39, 0.29) is 12.5 Å². The van der Waals surface area contributed by atoms with Crippen LogP contribution in [0.5, 0.6) is 0 Å². The van der Waals surface area contributed by atoms with Gasteiger partial charge in [0.1, 0.15) is 11.5 Å². The van der Waals surface area contributed by atoms with E-state index in [1.54, 1.807) is 10.6 Å². The number of nitrogens with one attached hydrogen (secondary N) is 1. The van der Waals surface area contributed by atoms with E-state index in [0.717, 1.165) is 23.2 Å². The maximum atomic E-state index is 13.6. The number of carbonyl (C=O) groups excluding carboxylic acids is 1. The summed E-state index contributed by atoms with van der Waals surface area (Å²) >= 11 is 0. The zero-order valence-corrected chi connectivity index (χ0v) is 15.9. The Kier molecular flexibility index (Phi) is 5.16. The first-order chi connectivity index (χ1) is 14.0. The van der Waals surface area contributed by atoms with E-state index in [1.807, 2.05) is 43.3 Å². The lowest BCUT2D eigenvalue weighted by molar-refractivity contribution is 0.0945. The second-order valence-corrected chi connectivity index (χ2v) is 6.96. The summed E-state index contributed by atoms with van der Waals surface area (Å²) in [5, 5.41) is 2.92. The normalized spacial score (nSPS) is 11.1. The van der Waals surface area contributed by atoms with Gasteiger partial charge in [0, 0.05) is 25.2 Å². The highest BCUT2D eigenvalue weighted by atomic mass is 19.2. The maximum Gasteiger partial charge on any atom is 0.268 e. The molecule has 1 N–H and O–H groups in total. The van der Waals surface area contributed by atoms with Crippen molar-refractivity contribution in [2.75, 3.05) is 6.54 Å². The van der Waals surface area contributed by atoms with Crippen molar-refractivity contribution in [1.82, 2.24) is 9.88 Å². The van der Waals surface area contributed by atoms with Crippen LogP contribution in [0.1, 0.15) is 27.4 Å². The lowest BCUT2D eigenvalue weighted by Crippen LogP contribution is -2.28. The van der Waals surface area contributed by atoms with Crippen LogP contribution < -0.4 is 5.32 Å². The fourth-order valence-corrected chi connectivity index (χ4v) is 3.40. The molecule has 4 rings (SSSR count). The molecule has 0 unspecified atom stereocenters. The molecular weight excluding hydrogens is 374 g/mol. The van der Waals surface area contributed by atoms with Crippen molar-refractivity contribution in [3.63, 3.8) is 0 Å². The van der Waals surface area contributed by atoms with Crippen LogP contribution in [0.25, 0.3) is 11.1 Å². The van der Waals surface area contributed by atoms with Crippen molar-refractivity contribution in [3.05, 3.63) is 94.9 Å². The van der Waals surface area contributed by atoms with Crippen LogP contribution in [0.4, 0.5) is 8.78 Å². The monoisotopic (exact) mass is 394 g/mol. The second-order valence-electron chi connectivity index (χ2n) is 6.96. The highest BCUT2D eigenvalue weighted by Crippen LogP contribution is 2.25. The largest absolute Gasteiger partial charge is 0.460 e. The molecule has 0 saturated heterocycles. The van der Waals surface area contributed by atoms with E-state index in [2.05, 4.69) is 5.32 Å². The van der Waals surface area contributed by atoms with Crippen LogP contribution in [-0.2, 0) is 13.0 Å². The molecule has 0 bridgehead atoms. The fraction of sp³-hybridized carbons (Fsp3) is 0.174. The molecule has 0 radical (unpaired) electrons. The Hall–Kier alpha value is -3.41. The van der Waals surface area contributed by atoms with Crippen LogP contribution in [0, 0.1) is 18.6 Å². The first-order valence-electron chi connectivity index (χ1n) is 9.37. The number of carbonyl (C=O) groups is 1. The maximum absolute atomic E-state index is 13.6. The van der Waals surface area contributed by atoms with Crippen LogP contribution >= 0.6 is 0 Å². The number of furan rings is 1. The standard InChI is InChI=1S/C23H20F2N2O2/c1-15-11-20-22(29-15)13-21(23(28)26-10-9-16-5-3-2-4-6-16)27(20)14-17-7-8-18(24)19(25)12-17/h2-8,11-13H,9-10,14H2,1H3,(H,26,28). The highest BCUT2D eigenvalue weighted by molar-refractivity contribution is 5.97. The van der Waals surface area contributed by atoms with E-state index in [1.165, 1.54) is 6.07 Å². The summed E-state index contributed by atoms with van der Waals surface area (Å²) in [7, 11) is 0. The Morgan fingerprint density at radius 1 is 1.00 bits per heavy atom. The molecule has 0 spiro atoms. The molecule has 2 aromatic carbocycles. The first kappa shape index (κ1) is 18.9. The molecule has 0 aliphatic rings. The van der Waals surface area contributed by atoms with Gasteiger partial charge in [-0.25, -0.2) is 8.78 Å². The van der Waals surface area contributed by atoms with Crippen LogP contribution in [0.15, 0.2) is 65.1 Å². The zero-order chi connectivity index (χ0) is 20.4. The quantitative estimate of drug-likeness (QED) is 0.509. The Labute approximate surface area is 166 Å². The van der Waals surface area contributed by atoms with Gasteiger partial charge in [0.25, 0.3) is 5.91 Å². The fourth-order valence-electron chi connectivity index (χ4n) is 3.40. The van der Waals surface area contributed by atoms with Crippen molar-refractivity contribution in [2.45, 2.75) is 19.9 Å². The number of nitrogens with zero attached hydrogens (tertiary/aromatic N) is 1. The topological polar surface area (TPSA) is 47.2 Å². The molecule has 0 fully saturated rings. The van der Waals surface area contributed by atoms with Gasteiger partial charge in [-0.2, -0.15) is 0 Å². The number of hydrogen-bond acceptors (Lipinski definition) is 2. The van der Waals surface area contributed by atoms with Gasteiger partial charge in [-0.15, -0.1) is 0 Å². The van der Waals surface area contributed by atoms with Gasteiger partial charge in [-0.3, -0.25) is 4.79 Å². The van der Waals surface area contributed by atoms with E-state index < -0.39 is 11.6 Å². The molecular formula is C23H20F2N2O2. The second kappa shape index (κ2) is 7.91. The minimum absolute atomic E-state index is 0.223. The van der Waals surface area contributed by atoms with Crippen molar-refractivity contribution in [3.8, 4) is 0 Å². The zero-order valence-electron chi connectivity index (χ0n) is 15.9. The van der Waals surface area contributed by atoms with Gasteiger partial charge >= 0.3 is 0 Å². The van der Waals surface area contributed by atoms with Crippen molar-refractivity contribution in [1.29, 1.82) is 0 Å².